The van der Waals surface area contributed by atoms with Crippen LogP contribution in [0.1, 0.15) is 28.2 Å². The number of carbonyl (C=O) groups excluding carboxylic acids is 6. The van der Waals surface area contributed by atoms with Gasteiger partial charge in [0.2, 0.25) is 23.6 Å². The number of carbonyl (C=O) groups is 6. The van der Waals surface area contributed by atoms with E-state index in [4.69, 9.17) is 14.2 Å². The van der Waals surface area contributed by atoms with E-state index in [1.54, 1.807) is 30.3 Å². The van der Waals surface area contributed by atoms with Gasteiger partial charge in [0, 0.05) is 12.3 Å². The van der Waals surface area contributed by atoms with E-state index in [0.717, 1.165) is 33.4 Å². The van der Waals surface area contributed by atoms with Crippen LogP contribution >= 0.6 is 0 Å². The highest BCUT2D eigenvalue weighted by Gasteiger charge is 2.29. The zero-order valence-electron chi connectivity index (χ0n) is 29.4. The first-order valence-corrected chi connectivity index (χ1v) is 17.3. The number of benzene rings is 4. The third-order valence-electron chi connectivity index (χ3n) is 8.37. The third kappa shape index (κ3) is 11.7. The average Bonchev–Trinajstić information content (AvgIpc) is 3.52. The molecule has 4 aromatic carbocycles. The maximum absolute atomic E-state index is 13.1. The summed E-state index contributed by atoms with van der Waals surface area (Å²) in [6.45, 7) is -1.85. The molecule has 0 aromatic heterocycles. The predicted molar refractivity (Wildman–Crippen MR) is 196 cm³/mol. The molecule has 0 heterocycles. The van der Waals surface area contributed by atoms with E-state index in [1.165, 1.54) is 0 Å². The lowest BCUT2D eigenvalue weighted by Gasteiger charge is -2.19. The Balaban J connectivity index is 0.999. The van der Waals surface area contributed by atoms with Crippen LogP contribution in [-0.2, 0) is 51.2 Å². The number of esters is 1. The molecule has 54 heavy (non-hydrogen) atoms. The second-order valence-corrected chi connectivity index (χ2v) is 12.2. The number of rotatable bonds is 18. The Morgan fingerprint density at radius 1 is 0.574 bits per heavy atom. The van der Waals surface area contributed by atoms with Crippen molar-refractivity contribution in [2.45, 2.75) is 25.0 Å². The topological polar surface area (TPSA) is 190 Å². The van der Waals surface area contributed by atoms with Crippen LogP contribution < -0.4 is 26.6 Å². The highest BCUT2D eigenvalue weighted by atomic mass is 16.6. The Bertz CT molecular complexity index is 1880. The van der Waals surface area contributed by atoms with Gasteiger partial charge in [-0.3, -0.25) is 19.2 Å². The van der Waals surface area contributed by atoms with Gasteiger partial charge < -0.3 is 40.8 Å². The molecule has 0 unspecified atom stereocenters. The molecule has 0 fully saturated rings. The Labute approximate surface area is 311 Å². The molecule has 0 bridgehead atoms. The van der Waals surface area contributed by atoms with Crippen LogP contribution in [0, 0.1) is 0 Å². The van der Waals surface area contributed by atoms with Gasteiger partial charge in [-0.15, -0.1) is 0 Å². The van der Waals surface area contributed by atoms with Gasteiger partial charge in [0.15, 0.2) is 0 Å². The molecule has 5 amide bonds. The largest absolute Gasteiger partial charge is 0.459 e. The van der Waals surface area contributed by atoms with E-state index in [0.29, 0.717) is 0 Å². The maximum atomic E-state index is 13.1. The van der Waals surface area contributed by atoms with E-state index in [2.05, 4.69) is 26.6 Å². The van der Waals surface area contributed by atoms with Gasteiger partial charge in [0.25, 0.3) is 0 Å². The fourth-order valence-corrected chi connectivity index (χ4v) is 5.75. The van der Waals surface area contributed by atoms with Crippen molar-refractivity contribution in [1.82, 2.24) is 26.6 Å². The van der Waals surface area contributed by atoms with E-state index in [9.17, 15) is 28.8 Å². The molecule has 0 saturated heterocycles. The lowest BCUT2D eigenvalue weighted by atomic mass is 9.98. The smallest absolute Gasteiger partial charge is 0.407 e. The van der Waals surface area contributed by atoms with Crippen LogP contribution in [0.5, 0.6) is 0 Å². The summed E-state index contributed by atoms with van der Waals surface area (Å²) in [5.41, 5.74) is 5.85. The van der Waals surface area contributed by atoms with Gasteiger partial charge >= 0.3 is 12.1 Å². The molecular weight excluding hydrogens is 694 g/mol. The first-order chi connectivity index (χ1) is 26.3. The highest BCUT2D eigenvalue weighted by molar-refractivity contribution is 5.92. The minimum Gasteiger partial charge on any atom is -0.459 e. The van der Waals surface area contributed by atoms with Crippen molar-refractivity contribution in [3.63, 3.8) is 0 Å². The lowest BCUT2D eigenvalue weighted by molar-refractivity contribution is -0.151. The molecule has 5 N–H and O–H groups in total. The van der Waals surface area contributed by atoms with Crippen molar-refractivity contribution < 1.29 is 43.0 Å². The second kappa shape index (κ2) is 19.9. The molecular formula is C40H41N5O9. The molecule has 1 aliphatic carbocycles. The molecule has 1 atom stereocenters. The maximum Gasteiger partial charge on any atom is 0.407 e. The van der Waals surface area contributed by atoms with E-state index in [-0.39, 0.29) is 38.9 Å². The van der Waals surface area contributed by atoms with Crippen molar-refractivity contribution in [2.75, 3.05) is 39.6 Å². The number of nitrogens with one attached hydrogen (secondary N) is 5. The molecule has 0 saturated carbocycles. The van der Waals surface area contributed by atoms with Crippen molar-refractivity contribution >= 4 is 35.7 Å². The van der Waals surface area contributed by atoms with Crippen LogP contribution in [0.25, 0.3) is 11.1 Å². The summed E-state index contributed by atoms with van der Waals surface area (Å²) in [5, 5.41) is 12.3. The minimum atomic E-state index is -1.08. The predicted octanol–water partition coefficient (Wildman–Crippen LogP) is 2.32. The number of amides is 5. The lowest BCUT2D eigenvalue weighted by Crippen LogP contribution is -2.52. The summed E-state index contributed by atoms with van der Waals surface area (Å²) in [7, 11) is 0. The van der Waals surface area contributed by atoms with Gasteiger partial charge in [-0.1, -0.05) is 109 Å². The van der Waals surface area contributed by atoms with Crippen LogP contribution in [0.15, 0.2) is 109 Å². The van der Waals surface area contributed by atoms with Gasteiger partial charge in [-0.25, -0.2) is 9.59 Å². The standard InChI is InChI=1S/C40H41N5O9/c46-35(21-43-40(51)54-24-33-31-17-9-7-15-29(31)30-16-8-10-18-32(30)33)41-22-37(48)45-34(19-27-11-3-1-4-12-27)39(50)42-20-36(47)44-26-52-25-38(49)53-23-28-13-5-2-6-14-28/h1-18,33-34H,19-26H2,(H,41,46)(H,42,50)(H,43,51)(H,44,47)(H,45,48)/t34-/m0/s1. The van der Waals surface area contributed by atoms with Gasteiger partial charge in [-0.2, -0.15) is 0 Å². The van der Waals surface area contributed by atoms with Crippen molar-refractivity contribution in [3.8, 4) is 11.1 Å². The van der Waals surface area contributed by atoms with Crippen LogP contribution in [-0.4, -0.2) is 81.3 Å². The quantitative estimate of drug-likeness (QED) is 0.0580. The molecule has 1 aliphatic rings. The first-order valence-electron chi connectivity index (χ1n) is 17.3. The highest BCUT2D eigenvalue weighted by Crippen LogP contribution is 2.44. The minimum absolute atomic E-state index is 0.0796. The molecule has 0 spiro atoms. The number of fused-ring (bicyclic) bond motifs is 3. The summed E-state index contributed by atoms with van der Waals surface area (Å²) in [5.74, 6) is -3.30. The van der Waals surface area contributed by atoms with Gasteiger partial charge in [0.1, 0.15) is 39.1 Å². The number of hydrogen-bond donors (Lipinski definition) is 5. The van der Waals surface area contributed by atoms with E-state index in [1.807, 2.05) is 78.9 Å². The Morgan fingerprint density at radius 2 is 1.13 bits per heavy atom. The number of ether oxygens (including phenoxy) is 3. The molecule has 14 heteroatoms. The van der Waals surface area contributed by atoms with Crippen molar-refractivity contribution in [2.24, 2.45) is 0 Å². The zero-order chi connectivity index (χ0) is 38.1. The number of hydrogen-bond acceptors (Lipinski definition) is 9. The SMILES string of the molecule is O=C(CNC(=O)OCC1c2ccccc2-c2ccccc21)NCC(=O)N[C@@H](Cc1ccccc1)C(=O)NCC(=O)NCOCC(=O)OCc1ccccc1. The van der Waals surface area contributed by atoms with Crippen LogP contribution in [0.2, 0.25) is 0 Å². The summed E-state index contributed by atoms with van der Waals surface area (Å²) in [4.78, 5) is 74.9. The normalized spacial score (nSPS) is 11.9. The third-order valence-corrected chi connectivity index (χ3v) is 8.37. The second-order valence-electron chi connectivity index (χ2n) is 12.2. The van der Waals surface area contributed by atoms with Gasteiger partial charge in [-0.05, 0) is 33.4 Å². The van der Waals surface area contributed by atoms with Crippen molar-refractivity contribution in [3.05, 3.63) is 131 Å². The monoisotopic (exact) mass is 735 g/mol. The van der Waals surface area contributed by atoms with Crippen molar-refractivity contribution in [1.29, 1.82) is 0 Å². The summed E-state index contributed by atoms with van der Waals surface area (Å²) in [6, 6.07) is 32.8. The van der Waals surface area contributed by atoms with Gasteiger partial charge in [0.05, 0.1) is 13.1 Å². The zero-order valence-corrected chi connectivity index (χ0v) is 29.4. The van der Waals surface area contributed by atoms with Crippen LogP contribution in [0.3, 0.4) is 0 Å². The Hall–Kier alpha value is -6.54. The first kappa shape index (κ1) is 38.7. The summed E-state index contributed by atoms with van der Waals surface area (Å²) in [6.07, 6.45) is -0.682. The average molecular weight is 736 g/mol. The van der Waals surface area contributed by atoms with E-state index >= 15 is 0 Å². The molecule has 0 aliphatic heterocycles. The summed E-state index contributed by atoms with van der Waals surface area (Å²) < 4.78 is 15.7. The number of alkyl carbamates (subject to hydrolysis) is 1. The molecule has 14 nitrogen and oxygen atoms in total. The fraction of sp³-hybridized carbons (Fsp3) is 0.250. The van der Waals surface area contributed by atoms with Crippen LogP contribution in [0.4, 0.5) is 4.79 Å². The van der Waals surface area contributed by atoms with E-state index < -0.39 is 61.4 Å². The molecule has 280 valence electrons. The summed E-state index contributed by atoms with van der Waals surface area (Å²) >= 11 is 0. The fourth-order valence-electron chi connectivity index (χ4n) is 5.75. The molecule has 5 rings (SSSR count). The Kier molecular flexibility index (Phi) is 14.3. The molecule has 0 radical (unpaired) electrons. The Morgan fingerprint density at radius 3 is 1.80 bits per heavy atom. The molecule has 4 aromatic rings.